The quantitative estimate of drug-likeness (QED) is 0.811. The Morgan fingerprint density at radius 2 is 1.96 bits per heavy atom. The second-order valence-electron chi connectivity index (χ2n) is 5.35. The van der Waals surface area contributed by atoms with Gasteiger partial charge in [0.25, 0.3) is 5.91 Å². The Morgan fingerprint density at radius 3 is 2.65 bits per heavy atom. The molecule has 5 nitrogen and oxygen atoms in total. The third kappa shape index (κ3) is 3.56. The van der Waals surface area contributed by atoms with E-state index >= 15 is 0 Å². The average molecular weight is 332 g/mol. The van der Waals surface area contributed by atoms with E-state index in [1.165, 1.54) is 0 Å². The van der Waals surface area contributed by atoms with E-state index in [9.17, 15) is 4.79 Å². The van der Waals surface area contributed by atoms with Gasteiger partial charge in [-0.1, -0.05) is 17.7 Å². The molecule has 3 rings (SSSR count). The molecular formula is C17H18ClN3O2. The number of rotatable bonds is 3. The molecule has 2 aromatic rings. The molecular weight excluding hydrogens is 314 g/mol. The van der Waals surface area contributed by atoms with Crippen LogP contribution in [0.1, 0.15) is 10.4 Å². The maximum absolute atomic E-state index is 12.5. The molecule has 0 saturated carbocycles. The number of amides is 1. The number of hydrogen-bond acceptors (Lipinski definition) is 4. The van der Waals surface area contributed by atoms with Crippen molar-refractivity contribution in [2.45, 2.75) is 0 Å². The highest BCUT2D eigenvalue weighted by Crippen LogP contribution is 2.22. The highest BCUT2D eigenvalue weighted by Gasteiger charge is 2.22. The summed E-state index contributed by atoms with van der Waals surface area (Å²) < 4.78 is 5.26. The van der Waals surface area contributed by atoms with E-state index < -0.39 is 0 Å². The number of halogens is 1. The molecule has 0 radical (unpaired) electrons. The van der Waals surface area contributed by atoms with Gasteiger partial charge in [-0.3, -0.25) is 4.79 Å². The Morgan fingerprint density at radius 1 is 1.17 bits per heavy atom. The van der Waals surface area contributed by atoms with Crippen LogP contribution in [0.25, 0.3) is 0 Å². The maximum atomic E-state index is 12.5. The Hall–Kier alpha value is -2.27. The molecule has 0 bridgehead atoms. The van der Waals surface area contributed by atoms with E-state index in [1.807, 2.05) is 23.1 Å². The van der Waals surface area contributed by atoms with Gasteiger partial charge in [0, 0.05) is 49.7 Å². The minimum absolute atomic E-state index is 0.000378. The second kappa shape index (κ2) is 6.87. The Kier molecular flexibility index (Phi) is 4.67. The lowest BCUT2D eigenvalue weighted by atomic mass is 10.2. The van der Waals surface area contributed by atoms with Gasteiger partial charge in [-0.05, 0) is 24.3 Å². The van der Waals surface area contributed by atoms with Gasteiger partial charge in [-0.2, -0.15) is 0 Å². The number of carbonyl (C=O) groups excluding carboxylic acids is 1. The van der Waals surface area contributed by atoms with Gasteiger partial charge in [0.1, 0.15) is 10.9 Å². The molecule has 2 heterocycles. The Balaban J connectivity index is 1.65. The molecule has 23 heavy (non-hydrogen) atoms. The predicted molar refractivity (Wildman–Crippen MR) is 90.4 cm³/mol. The van der Waals surface area contributed by atoms with E-state index in [0.717, 1.165) is 24.5 Å². The summed E-state index contributed by atoms with van der Waals surface area (Å²) in [6, 6.07) is 11.3. The lowest BCUT2D eigenvalue weighted by molar-refractivity contribution is 0.0746. The zero-order chi connectivity index (χ0) is 16.2. The number of methoxy groups -OCH3 is 1. The van der Waals surface area contributed by atoms with Gasteiger partial charge in [-0.25, -0.2) is 4.98 Å². The normalized spacial score (nSPS) is 14.7. The van der Waals surface area contributed by atoms with Crippen LogP contribution in [0.2, 0.25) is 5.15 Å². The van der Waals surface area contributed by atoms with Crippen molar-refractivity contribution in [3.05, 3.63) is 53.3 Å². The van der Waals surface area contributed by atoms with Gasteiger partial charge < -0.3 is 14.5 Å². The third-order valence-corrected chi connectivity index (χ3v) is 4.17. The van der Waals surface area contributed by atoms with Gasteiger partial charge in [-0.15, -0.1) is 0 Å². The van der Waals surface area contributed by atoms with Crippen molar-refractivity contribution < 1.29 is 9.53 Å². The Labute approximate surface area is 140 Å². The fraction of sp³-hybridized carbons (Fsp3) is 0.294. The van der Waals surface area contributed by atoms with Crippen LogP contribution < -0.4 is 9.64 Å². The first-order valence-electron chi connectivity index (χ1n) is 7.47. The van der Waals surface area contributed by atoms with Gasteiger partial charge in [0.2, 0.25) is 0 Å². The zero-order valence-corrected chi connectivity index (χ0v) is 13.7. The second-order valence-corrected chi connectivity index (χ2v) is 5.74. The van der Waals surface area contributed by atoms with Crippen LogP contribution in [0.15, 0.2) is 42.6 Å². The lowest BCUT2D eigenvalue weighted by Gasteiger charge is -2.36. The van der Waals surface area contributed by atoms with Crippen LogP contribution >= 0.6 is 11.6 Å². The van der Waals surface area contributed by atoms with Crippen LogP contribution in [-0.2, 0) is 0 Å². The van der Waals surface area contributed by atoms with Crippen LogP contribution in [0.5, 0.6) is 5.75 Å². The molecule has 1 aliphatic heterocycles. The van der Waals surface area contributed by atoms with E-state index in [0.29, 0.717) is 23.8 Å². The molecule has 0 atom stereocenters. The topological polar surface area (TPSA) is 45.7 Å². The molecule has 6 heteroatoms. The first kappa shape index (κ1) is 15.6. The zero-order valence-electron chi connectivity index (χ0n) is 12.9. The van der Waals surface area contributed by atoms with Crippen LogP contribution in [0.3, 0.4) is 0 Å². The fourth-order valence-corrected chi connectivity index (χ4v) is 2.87. The summed E-state index contributed by atoms with van der Waals surface area (Å²) in [7, 11) is 1.66. The third-order valence-electron chi connectivity index (χ3n) is 3.96. The van der Waals surface area contributed by atoms with Crippen molar-refractivity contribution in [1.82, 2.24) is 9.88 Å². The fourth-order valence-electron chi connectivity index (χ4n) is 2.69. The molecule has 1 aliphatic rings. The summed E-state index contributed by atoms with van der Waals surface area (Å²) in [6.45, 7) is 2.93. The monoisotopic (exact) mass is 331 g/mol. The molecule has 1 saturated heterocycles. The molecule has 1 fully saturated rings. The van der Waals surface area contributed by atoms with Gasteiger partial charge in [0.05, 0.1) is 7.11 Å². The summed E-state index contributed by atoms with van der Waals surface area (Å²) in [5.41, 5.74) is 1.70. The van der Waals surface area contributed by atoms with Crippen molar-refractivity contribution in [3.8, 4) is 5.75 Å². The number of pyridine rings is 1. The van der Waals surface area contributed by atoms with Crippen molar-refractivity contribution >= 4 is 23.2 Å². The number of aromatic nitrogens is 1. The molecule has 0 N–H and O–H groups in total. The largest absolute Gasteiger partial charge is 0.497 e. The number of benzene rings is 1. The van der Waals surface area contributed by atoms with Crippen molar-refractivity contribution in [2.24, 2.45) is 0 Å². The first-order valence-corrected chi connectivity index (χ1v) is 7.85. The standard InChI is InChI=1S/C17H18ClN3O2/c1-23-15-4-2-3-14(12-15)20-7-9-21(10-8-20)17(22)13-5-6-19-16(18)11-13/h2-6,11-12H,7-10H2,1H3. The van der Waals surface area contributed by atoms with E-state index in [-0.39, 0.29) is 5.91 Å². The number of anilines is 1. The van der Waals surface area contributed by atoms with Crippen molar-refractivity contribution in [2.75, 3.05) is 38.2 Å². The smallest absolute Gasteiger partial charge is 0.254 e. The van der Waals surface area contributed by atoms with Crippen molar-refractivity contribution in [3.63, 3.8) is 0 Å². The molecule has 0 unspecified atom stereocenters. The van der Waals surface area contributed by atoms with Crippen LogP contribution in [0.4, 0.5) is 5.69 Å². The van der Waals surface area contributed by atoms with Gasteiger partial charge >= 0.3 is 0 Å². The Bertz CT molecular complexity index is 700. The average Bonchev–Trinajstić information content (AvgIpc) is 2.61. The van der Waals surface area contributed by atoms with E-state index in [2.05, 4.69) is 16.0 Å². The minimum atomic E-state index is -0.000378. The maximum Gasteiger partial charge on any atom is 0.254 e. The number of nitrogens with zero attached hydrogens (tertiary/aromatic N) is 3. The highest BCUT2D eigenvalue weighted by molar-refractivity contribution is 6.29. The van der Waals surface area contributed by atoms with Gasteiger partial charge in [0.15, 0.2) is 0 Å². The number of hydrogen-bond donors (Lipinski definition) is 0. The van der Waals surface area contributed by atoms with Crippen LogP contribution in [0, 0.1) is 0 Å². The molecule has 1 aromatic heterocycles. The summed E-state index contributed by atoms with van der Waals surface area (Å²) in [6.07, 6.45) is 1.56. The molecule has 0 spiro atoms. The summed E-state index contributed by atoms with van der Waals surface area (Å²) in [4.78, 5) is 20.5. The molecule has 1 amide bonds. The number of ether oxygens (including phenoxy) is 1. The number of carbonyl (C=O) groups is 1. The SMILES string of the molecule is COc1cccc(N2CCN(C(=O)c3ccnc(Cl)c3)CC2)c1. The van der Waals surface area contributed by atoms with E-state index in [1.54, 1.807) is 25.4 Å². The lowest BCUT2D eigenvalue weighted by Crippen LogP contribution is -2.48. The summed E-state index contributed by atoms with van der Waals surface area (Å²) in [5, 5.41) is 0.339. The number of piperazine rings is 1. The van der Waals surface area contributed by atoms with E-state index in [4.69, 9.17) is 16.3 Å². The molecule has 1 aromatic carbocycles. The predicted octanol–water partition coefficient (Wildman–Crippen LogP) is 2.71. The summed E-state index contributed by atoms with van der Waals surface area (Å²) in [5.74, 6) is 0.840. The highest BCUT2D eigenvalue weighted by atomic mass is 35.5. The first-order chi connectivity index (χ1) is 11.2. The molecule has 120 valence electrons. The minimum Gasteiger partial charge on any atom is -0.497 e. The molecule has 0 aliphatic carbocycles. The summed E-state index contributed by atoms with van der Waals surface area (Å²) >= 11 is 5.86. The van der Waals surface area contributed by atoms with Crippen molar-refractivity contribution in [1.29, 1.82) is 0 Å². The van der Waals surface area contributed by atoms with Crippen LogP contribution in [-0.4, -0.2) is 49.1 Å².